The average molecular weight is 282 g/mol. The predicted molar refractivity (Wildman–Crippen MR) is 62.1 cm³/mol. The summed E-state index contributed by atoms with van der Waals surface area (Å²) in [6, 6.07) is 0. The summed E-state index contributed by atoms with van der Waals surface area (Å²) in [5.41, 5.74) is -1.14. The Labute approximate surface area is 106 Å². The van der Waals surface area contributed by atoms with Crippen LogP contribution in [0.5, 0.6) is 0 Å². The Morgan fingerprint density at radius 1 is 1.44 bits per heavy atom. The van der Waals surface area contributed by atoms with E-state index in [0.29, 0.717) is 26.1 Å². The van der Waals surface area contributed by atoms with Gasteiger partial charge >= 0.3 is 16.3 Å². The molecule has 8 nitrogen and oxygen atoms in total. The van der Waals surface area contributed by atoms with E-state index >= 15 is 0 Å². The van der Waals surface area contributed by atoms with Gasteiger partial charge in [0.25, 0.3) is 0 Å². The van der Waals surface area contributed by atoms with Crippen LogP contribution in [0, 0.1) is 0 Å². The molecule has 3 N–H and O–H groups in total. The number of ether oxygens (including phenoxy) is 2. The topological polar surface area (TPSA) is 114 Å². The number of rotatable bonds is 5. The summed E-state index contributed by atoms with van der Waals surface area (Å²) in [5, 5.41) is 10.0. The number of amides is 1. The van der Waals surface area contributed by atoms with Gasteiger partial charge in [0.15, 0.2) is 0 Å². The van der Waals surface area contributed by atoms with Crippen molar-refractivity contribution >= 4 is 16.3 Å². The Bertz CT molecular complexity index is 377. The van der Waals surface area contributed by atoms with Crippen LogP contribution < -0.4 is 9.44 Å². The van der Waals surface area contributed by atoms with E-state index in [2.05, 4.69) is 9.46 Å². The van der Waals surface area contributed by atoms with E-state index in [1.54, 1.807) is 11.6 Å². The predicted octanol–water partition coefficient (Wildman–Crippen LogP) is -0.892. The lowest BCUT2D eigenvalue weighted by atomic mass is 9.95. The molecular formula is C9H18N2O6S. The van der Waals surface area contributed by atoms with Gasteiger partial charge in [-0.2, -0.15) is 13.1 Å². The summed E-state index contributed by atoms with van der Waals surface area (Å²) >= 11 is 0. The first-order valence-electron chi connectivity index (χ1n) is 5.61. The minimum atomic E-state index is -4.02. The van der Waals surface area contributed by atoms with Gasteiger partial charge < -0.3 is 14.6 Å². The number of carbonyl (C=O) groups is 1. The minimum Gasteiger partial charge on any atom is -0.449 e. The molecular weight excluding hydrogens is 264 g/mol. The second-order valence-corrected chi connectivity index (χ2v) is 5.48. The fourth-order valence-electron chi connectivity index (χ4n) is 1.46. The summed E-state index contributed by atoms with van der Waals surface area (Å²) in [6.07, 6.45) is -0.368. The Hall–Kier alpha value is -0.900. The highest BCUT2D eigenvalue weighted by atomic mass is 32.2. The van der Waals surface area contributed by atoms with Gasteiger partial charge in [0.05, 0.1) is 12.2 Å². The molecule has 0 aromatic carbocycles. The zero-order valence-corrected chi connectivity index (χ0v) is 11.0. The minimum absolute atomic E-state index is 0.0721. The second kappa shape index (κ2) is 6.32. The van der Waals surface area contributed by atoms with Gasteiger partial charge in [0.1, 0.15) is 0 Å². The lowest BCUT2D eigenvalue weighted by Crippen LogP contribution is -2.50. The van der Waals surface area contributed by atoms with Gasteiger partial charge in [0, 0.05) is 32.6 Å². The fraction of sp³-hybridized carbons (Fsp3) is 0.889. The van der Waals surface area contributed by atoms with Gasteiger partial charge in [-0.3, -0.25) is 0 Å². The maximum atomic E-state index is 11.4. The molecule has 0 radical (unpaired) electrons. The molecule has 0 saturated carbocycles. The van der Waals surface area contributed by atoms with Crippen molar-refractivity contribution in [1.29, 1.82) is 0 Å². The largest absolute Gasteiger partial charge is 0.449 e. The van der Waals surface area contributed by atoms with Crippen LogP contribution in [0.2, 0.25) is 0 Å². The molecule has 9 heteroatoms. The van der Waals surface area contributed by atoms with Crippen molar-refractivity contribution in [3.8, 4) is 0 Å². The second-order valence-electron chi connectivity index (χ2n) is 3.98. The van der Waals surface area contributed by atoms with Crippen LogP contribution in [0.4, 0.5) is 4.79 Å². The molecule has 0 unspecified atom stereocenters. The number of aliphatic hydroxyl groups is 1. The molecule has 18 heavy (non-hydrogen) atoms. The van der Waals surface area contributed by atoms with E-state index in [-0.39, 0.29) is 13.2 Å². The number of hydrogen-bond donors (Lipinski definition) is 3. The van der Waals surface area contributed by atoms with E-state index in [1.165, 1.54) is 0 Å². The van der Waals surface area contributed by atoms with Crippen LogP contribution in [-0.4, -0.2) is 51.6 Å². The van der Waals surface area contributed by atoms with Crippen LogP contribution in [-0.2, 0) is 19.7 Å². The Morgan fingerprint density at radius 3 is 2.61 bits per heavy atom. The summed E-state index contributed by atoms with van der Waals surface area (Å²) in [4.78, 5) is 11.0. The zero-order chi connectivity index (χ0) is 13.6. The summed E-state index contributed by atoms with van der Waals surface area (Å²) < 4.78 is 36.2. The highest BCUT2D eigenvalue weighted by Gasteiger charge is 2.31. The van der Waals surface area contributed by atoms with E-state index in [0.717, 1.165) is 0 Å². The Morgan fingerprint density at radius 2 is 2.06 bits per heavy atom. The van der Waals surface area contributed by atoms with Gasteiger partial charge in [-0.25, -0.2) is 9.52 Å². The smallest absolute Gasteiger partial charge is 0.421 e. The van der Waals surface area contributed by atoms with Gasteiger partial charge in [-0.05, 0) is 6.92 Å². The number of carbonyl (C=O) groups excluding carboxylic acids is 1. The molecule has 0 atom stereocenters. The van der Waals surface area contributed by atoms with E-state index in [1.807, 2.05) is 0 Å². The van der Waals surface area contributed by atoms with E-state index < -0.39 is 21.9 Å². The summed E-state index contributed by atoms with van der Waals surface area (Å²) in [7, 11) is -4.02. The van der Waals surface area contributed by atoms with Crippen LogP contribution in [0.15, 0.2) is 0 Å². The van der Waals surface area contributed by atoms with Gasteiger partial charge in [0.2, 0.25) is 0 Å². The molecule has 1 amide bonds. The molecule has 1 saturated heterocycles. The van der Waals surface area contributed by atoms with Gasteiger partial charge in [-0.15, -0.1) is 0 Å². The molecule has 1 aliphatic rings. The van der Waals surface area contributed by atoms with Crippen molar-refractivity contribution in [3.63, 3.8) is 0 Å². The zero-order valence-electron chi connectivity index (χ0n) is 10.1. The van der Waals surface area contributed by atoms with Crippen molar-refractivity contribution < 1.29 is 27.8 Å². The van der Waals surface area contributed by atoms with Crippen LogP contribution >= 0.6 is 0 Å². The van der Waals surface area contributed by atoms with Crippen molar-refractivity contribution in [3.05, 3.63) is 0 Å². The highest BCUT2D eigenvalue weighted by molar-refractivity contribution is 7.88. The van der Waals surface area contributed by atoms with Crippen molar-refractivity contribution in [2.45, 2.75) is 25.4 Å². The molecule has 0 aromatic heterocycles. The Kier molecular flexibility index (Phi) is 5.32. The third-order valence-corrected chi connectivity index (χ3v) is 3.47. The normalized spacial score (nSPS) is 19.2. The molecule has 1 aliphatic heterocycles. The quantitative estimate of drug-likeness (QED) is 0.602. The molecule has 1 heterocycles. The standard InChI is InChI=1S/C9H18N2O6S/c1-2-17-8(12)11-18(14,15)10-7-9(13)3-5-16-6-4-9/h10,13H,2-7H2,1H3,(H,11,12). The van der Waals surface area contributed by atoms with Crippen LogP contribution in [0.25, 0.3) is 0 Å². The fourth-order valence-corrected chi connectivity index (χ4v) is 2.27. The van der Waals surface area contributed by atoms with Crippen molar-refractivity contribution in [2.75, 3.05) is 26.4 Å². The first kappa shape index (κ1) is 15.2. The van der Waals surface area contributed by atoms with Crippen LogP contribution in [0.1, 0.15) is 19.8 Å². The highest BCUT2D eigenvalue weighted by Crippen LogP contribution is 2.19. The van der Waals surface area contributed by atoms with Crippen molar-refractivity contribution in [1.82, 2.24) is 9.44 Å². The molecule has 0 bridgehead atoms. The molecule has 1 fully saturated rings. The average Bonchev–Trinajstić information content (AvgIpc) is 2.27. The van der Waals surface area contributed by atoms with E-state index in [9.17, 15) is 18.3 Å². The lowest BCUT2D eigenvalue weighted by molar-refractivity contribution is -0.0589. The molecule has 0 aromatic rings. The third-order valence-electron chi connectivity index (χ3n) is 2.51. The summed E-state index contributed by atoms with van der Waals surface area (Å²) in [6.45, 7) is 2.21. The monoisotopic (exact) mass is 282 g/mol. The number of hydrogen-bond acceptors (Lipinski definition) is 6. The maximum absolute atomic E-state index is 11.4. The molecule has 1 rings (SSSR count). The third kappa shape index (κ3) is 5.17. The Balaban J connectivity index is 2.43. The molecule has 0 aliphatic carbocycles. The van der Waals surface area contributed by atoms with Crippen LogP contribution in [0.3, 0.4) is 0 Å². The first-order valence-corrected chi connectivity index (χ1v) is 7.09. The molecule has 106 valence electrons. The number of nitrogens with one attached hydrogen (secondary N) is 2. The first-order chi connectivity index (χ1) is 8.37. The SMILES string of the molecule is CCOC(=O)NS(=O)(=O)NCC1(O)CCOCC1. The maximum Gasteiger partial charge on any atom is 0.421 e. The summed E-state index contributed by atoms with van der Waals surface area (Å²) in [5.74, 6) is 0. The van der Waals surface area contributed by atoms with Crippen molar-refractivity contribution in [2.24, 2.45) is 0 Å². The lowest BCUT2D eigenvalue weighted by Gasteiger charge is -2.31. The van der Waals surface area contributed by atoms with Gasteiger partial charge in [-0.1, -0.05) is 0 Å². The molecule has 0 spiro atoms. The van der Waals surface area contributed by atoms with E-state index in [4.69, 9.17) is 4.74 Å².